The summed E-state index contributed by atoms with van der Waals surface area (Å²) in [5.41, 5.74) is 1.63. The van der Waals surface area contributed by atoms with Crippen LogP contribution >= 0.6 is 31.9 Å². The van der Waals surface area contributed by atoms with E-state index in [2.05, 4.69) is 61.4 Å². The molecule has 0 fully saturated rings. The Morgan fingerprint density at radius 1 is 0.810 bits per heavy atom. The SMILES string of the molecule is Fc1cc(Br)ccc1CNc1ccc2cc(Br)ccc2c1. The molecule has 3 aromatic carbocycles. The molecule has 3 rings (SSSR count). The van der Waals surface area contributed by atoms with Crippen LogP contribution in [0.2, 0.25) is 0 Å². The van der Waals surface area contributed by atoms with Crippen LogP contribution in [-0.4, -0.2) is 0 Å². The molecule has 4 heteroatoms. The summed E-state index contributed by atoms with van der Waals surface area (Å²) < 4.78 is 15.6. The van der Waals surface area contributed by atoms with Crippen LogP contribution in [0.5, 0.6) is 0 Å². The van der Waals surface area contributed by atoms with Crippen molar-refractivity contribution in [1.82, 2.24) is 0 Å². The maximum absolute atomic E-state index is 13.8. The van der Waals surface area contributed by atoms with Crippen LogP contribution in [0, 0.1) is 5.82 Å². The van der Waals surface area contributed by atoms with Crippen molar-refractivity contribution >= 4 is 48.3 Å². The van der Waals surface area contributed by atoms with Gasteiger partial charge < -0.3 is 5.32 Å². The second-order valence-electron chi connectivity index (χ2n) is 4.80. The van der Waals surface area contributed by atoms with Gasteiger partial charge in [-0.15, -0.1) is 0 Å². The Morgan fingerprint density at radius 3 is 2.29 bits per heavy atom. The van der Waals surface area contributed by atoms with Gasteiger partial charge in [0.15, 0.2) is 0 Å². The lowest BCUT2D eigenvalue weighted by Gasteiger charge is -2.09. The van der Waals surface area contributed by atoms with Gasteiger partial charge in [-0.05, 0) is 47.2 Å². The molecular weight excluding hydrogens is 397 g/mol. The Labute approximate surface area is 139 Å². The third-order valence-corrected chi connectivity index (χ3v) is 4.29. The van der Waals surface area contributed by atoms with Gasteiger partial charge in [-0.25, -0.2) is 4.39 Å². The topological polar surface area (TPSA) is 12.0 Å². The Kier molecular flexibility index (Phi) is 4.27. The van der Waals surface area contributed by atoms with E-state index in [4.69, 9.17) is 0 Å². The number of rotatable bonds is 3. The minimum absolute atomic E-state index is 0.207. The van der Waals surface area contributed by atoms with Crippen LogP contribution in [0.25, 0.3) is 10.8 Å². The highest BCUT2D eigenvalue weighted by molar-refractivity contribution is 9.10. The summed E-state index contributed by atoms with van der Waals surface area (Å²) in [4.78, 5) is 0. The molecule has 0 aliphatic rings. The van der Waals surface area contributed by atoms with Crippen LogP contribution in [0.4, 0.5) is 10.1 Å². The van der Waals surface area contributed by atoms with E-state index in [1.807, 2.05) is 18.2 Å². The number of benzene rings is 3. The molecule has 0 aliphatic carbocycles. The monoisotopic (exact) mass is 407 g/mol. The lowest BCUT2D eigenvalue weighted by atomic mass is 10.1. The minimum atomic E-state index is -0.207. The Bertz CT molecular complexity index is 802. The van der Waals surface area contributed by atoms with Crippen LogP contribution in [0.1, 0.15) is 5.56 Å². The zero-order valence-corrected chi connectivity index (χ0v) is 14.2. The molecule has 0 amide bonds. The molecule has 0 saturated carbocycles. The zero-order chi connectivity index (χ0) is 14.8. The first-order valence-corrected chi connectivity index (χ1v) is 8.07. The molecule has 106 valence electrons. The molecule has 0 aromatic heterocycles. The lowest BCUT2D eigenvalue weighted by molar-refractivity contribution is 0.612. The standard InChI is InChI=1S/C17H12Br2FN/c18-14-4-1-12-8-16(6-3-11(12)7-14)21-10-13-2-5-15(19)9-17(13)20/h1-9,21H,10H2. The summed E-state index contributed by atoms with van der Waals surface area (Å²) >= 11 is 6.73. The maximum Gasteiger partial charge on any atom is 0.129 e. The molecule has 0 spiro atoms. The Morgan fingerprint density at radius 2 is 1.48 bits per heavy atom. The Balaban J connectivity index is 1.80. The van der Waals surface area contributed by atoms with Crippen molar-refractivity contribution in [3.05, 3.63) is 74.9 Å². The van der Waals surface area contributed by atoms with E-state index in [-0.39, 0.29) is 5.82 Å². The smallest absolute Gasteiger partial charge is 0.129 e. The molecule has 3 aromatic rings. The van der Waals surface area contributed by atoms with E-state index in [0.717, 1.165) is 20.0 Å². The maximum atomic E-state index is 13.8. The number of hydrogen-bond acceptors (Lipinski definition) is 1. The normalized spacial score (nSPS) is 10.8. The first-order valence-electron chi connectivity index (χ1n) is 6.49. The van der Waals surface area contributed by atoms with Gasteiger partial charge in [0.05, 0.1) is 0 Å². The van der Waals surface area contributed by atoms with Crippen molar-refractivity contribution < 1.29 is 4.39 Å². The first kappa shape index (κ1) is 14.5. The number of fused-ring (bicyclic) bond motifs is 1. The average molecular weight is 409 g/mol. The summed E-state index contributed by atoms with van der Waals surface area (Å²) in [6.07, 6.45) is 0. The van der Waals surface area contributed by atoms with Gasteiger partial charge in [-0.1, -0.05) is 50.1 Å². The fourth-order valence-electron chi connectivity index (χ4n) is 2.19. The largest absolute Gasteiger partial charge is 0.381 e. The minimum Gasteiger partial charge on any atom is -0.381 e. The quantitative estimate of drug-likeness (QED) is 0.550. The van der Waals surface area contributed by atoms with Crippen molar-refractivity contribution in [2.45, 2.75) is 6.54 Å². The average Bonchev–Trinajstić information content (AvgIpc) is 2.46. The fourth-order valence-corrected chi connectivity index (χ4v) is 2.90. The molecule has 0 atom stereocenters. The molecule has 0 radical (unpaired) electrons. The molecule has 1 N–H and O–H groups in total. The van der Waals surface area contributed by atoms with Gasteiger partial charge in [0.2, 0.25) is 0 Å². The van der Waals surface area contributed by atoms with Gasteiger partial charge in [0.1, 0.15) is 5.82 Å². The predicted octanol–water partition coefficient (Wildman–Crippen LogP) is 6.12. The van der Waals surface area contributed by atoms with Crippen LogP contribution in [0.15, 0.2) is 63.5 Å². The lowest BCUT2D eigenvalue weighted by Crippen LogP contribution is -2.01. The fraction of sp³-hybridized carbons (Fsp3) is 0.0588. The van der Waals surface area contributed by atoms with E-state index < -0.39 is 0 Å². The van der Waals surface area contributed by atoms with E-state index in [9.17, 15) is 4.39 Å². The molecular formula is C17H12Br2FN. The molecule has 0 heterocycles. The van der Waals surface area contributed by atoms with Crippen LogP contribution in [0.3, 0.4) is 0 Å². The highest BCUT2D eigenvalue weighted by Gasteiger charge is 2.03. The third kappa shape index (κ3) is 3.44. The van der Waals surface area contributed by atoms with E-state index >= 15 is 0 Å². The highest BCUT2D eigenvalue weighted by atomic mass is 79.9. The number of anilines is 1. The van der Waals surface area contributed by atoms with Crippen molar-refractivity contribution in [3.63, 3.8) is 0 Å². The van der Waals surface area contributed by atoms with Gasteiger partial charge in [-0.3, -0.25) is 0 Å². The van der Waals surface area contributed by atoms with Crippen LogP contribution < -0.4 is 5.32 Å². The van der Waals surface area contributed by atoms with Gasteiger partial charge >= 0.3 is 0 Å². The highest BCUT2D eigenvalue weighted by Crippen LogP contribution is 2.23. The summed E-state index contributed by atoms with van der Waals surface area (Å²) in [6, 6.07) is 17.4. The second kappa shape index (κ2) is 6.16. The van der Waals surface area contributed by atoms with Gasteiger partial charge in [0, 0.05) is 26.7 Å². The zero-order valence-electron chi connectivity index (χ0n) is 11.0. The summed E-state index contributed by atoms with van der Waals surface area (Å²) in [5, 5.41) is 5.58. The summed E-state index contributed by atoms with van der Waals surface area (Å²) in [7, 11) is 0. The summed E-state index contributed by atoms with van der Waals surface area (Å²) in [6.45, 7) is 0.459. The number of hydrogen-bond donors (Lipinski definition) is 1. The molecule has 0 saturated heterocycles. The molecule has 1 nitrogen and oxygen atoms in total. The van der Waals surface area contributed by atoms with Crippen molar-refractivity contribution in [1.29, 1.82) is 0 Å². The molecule has 0 aliphatic heterocycles. The Hall–Kier alpha value is -1.39. The number of halogens is 3. The van der Waals surface area contributed by atoms with E-state index in [0.29, 0.717) is 12.1 Å². The summed E-state index contributed by atoms with van der Waals surface area (Å²) in [5.74, 6) is -0.207. The van der Waals surface area contributed by atoms with Crippen LogP contribution in [-0.2, 0) is 6.54 Å². The molecule has 21 heavy (non-hydrogen) atoms. The van der Waals surface area contributed by atoms with Gasteiger partial charge in [-0.2, -0.15) is 0 Å². The van der Waals surface area contributed by atoms with Crippen molar-refractivity contribution in [3.8, 4) is 0 Å². The first-order chi connectivity index (χ1) is 10.1. The van der Waals surface area contributed by atoms with E-state index in [1.54, 1.807) is 6.07 Å². The molecule has 0 unspecified atom stereocenters. The van der Waals surface area contributed by atoms with Crippen molar-refractivity contribution in [2.75, 3.05) is 5.32 Å². The predicted molar refractivity (Wildman–Crippen MR) is 93.1 cm³/mol. The molecule has 0 bridgehead atoms. The number of nitrogens with one attached hydrogen (secondary N) is 1. The third-order valence-electron chi connectivity index (χ3n) is 3.30. The van der Waals surface area contributed by atoms with Crippen molar-refractivity contribution in [2.24, 2.45) is 0 Å². The van der Waals surface area contributed by atoms with E-state index in [1.165, 1.54) is 11.5 Å². The second-order valence-corrected chi connectivity index (χ2v) is 6.63. The van der Waals surface area contributed by atoms with Gasteiger partial charge in [0.25, 0.3) is 0 Å².